The molecule has 0 saturated heterocycles. The maximum absolute atomic E-state index is 11.2. The summed E-state index contributed by atoms with van der Waals surface area (Å²) >= 11 is 0. The second-order valence-electron chi connectivity index (χ2n) is 5.59. The van der Waals surface area contributed by atoms with Crippen LogP contribution in [0, 0.1) is 16.0 Å². The van der Waals surface area contributed by atoms with E-state index in [9.17, 15) is 10.1 Å². The molecule has 0 atom stereocenters. The van der Waals surface area contributed by atoms with E-state index in [1.54, 1.807) is 12.1 Å². The standard InChI is InChI=1S/C15H22N2O3/c1-11-3-6-13(7-4-11)20-15-8-5-12(10-16-2)9-14(15)17(18)19/h5,8-9,11,13,16H,3-4,6-7,10H2,1-2H3. The van der Waals surface area contributed by atoms with Crippen molar-refractivity contribution in [2.75, 3.05) is 7.05 Å². The number of nitrogens with one attached hydrogen (secondary N) is 1. The van der Waals surface area contributed by atoms with Crippen LogP contribution in [0.15, 0.2) is 18.2 Å². The second-order valence-corrected chi connectivity index (χ2v) is 5.59. The molecule has 1 fully saturated rings. The Morgan fingerprint density at radius 1 is 1.35 bits per heavy atom. The molecule has 0 heterocycles. The van der Waals surface area contributed by atoms with Crippen molar-refractivity contribution in [2.45, 2.75) is 45.3 Å². The van der Waals surface area contributed by atoms with E-state index in [0.29, 0.717) is 12.3 Å². The van der Waals surface area contributed by atoms with Crippen molar-refractivity contribution < 1.29 is 9.66 Å². The minimum atomic E-state index is -0.361. The molecule has 1 aliphatic carbocycles. The molecule has 2 rings (SSSR count). The summed E-state index contributed by atoms with van der Waals surface area (Å²) in [5, 5.41) is 14.2. The minimum Gasteiger partial charge on any atom is -0.484 e. The zero-order valence-electron chi connectivity index (χ0n) is 12.1. The van der Waals surface area contributed by atoms with Gasteiger partial charge in [-0.2, -0.15) is 0 Å². The molecule has 1 aromatic carbocycles. The molecule has 0 aromatic heterocycles. The van der Waals surface area contributed by atoms with Crippen LogP contribution in [0.1, 0.15) is 38.2 Å². The topological polar surface area (TPSA) is 64.4 Å². The zero-order chi connectivity index (χ0) is 14.5. The number of hydrogen-bond acceptors (Lipinski definition) is 4. The van der Waals surface area contributed by atoms with Crippen LogP contribution in [-0.4, -0.2) is 18.1 Å². The molecule has 5 heteroatoms. The summed E-state index contributed by atoms with van der Waals surface area (Å²) in [7, 11) is 1.82. The minimum absolute atomic E-state index is 0.0661. The van der Waals surface area contributed by atoms with Gasteiger partial charge in [0.05, 0.1) is 11.0 Å². The van der Waals surface area contributed by atoms with Gasteiger partial charge in [0.1, 0.15) is 0 Å². The lowest BCUT2D eigenvalue weighted by atomic mass is 9.89. The zero-order valence-corrected chi connectivity index (χ0v) is 12.1. The molecule has 0 radical (unpaired) electrons. The molecule has 0 bridgehead atoms. The van der Waals surface area contributed by atoms with Gasteiger partial charge in [-0.15, -0.1) is 0 Å². The molecule has 0 spiro atoms. The van der Waals surface area contributed by atoms with E-state index in [1.165, 1.54) is 0 Å². The van der Waals surface area contributed by atoms with Gasteiger partial charge in [-0.3, -0.25) is 10.1 Å². The van der Waals surface area contributed by atoms with Crippen LogP contribution >= 0.6 is 0 Å². The number of hydrogen-bond donors (Lipinski definition) is 1. The molecule has 5 nitrogen and oxygen atoms in total. The monoisotopic (exact) mass is 278 g/mol. The normalized spacial score (nSPS) is 22.5. The third-order valence-electron chi connectivity index (χ3n) is 3.86. The number of rotatable bonds is 5. The van der Waals surface area contributed by atoms with E-state index in [1.807, 2.05) is 13.1 Å². The smallest absolute Gasteiger partial charge is 0.311 e. The lowest BCUT2D eigenvalue weighted by Gasteiger charge is -2.26. The first-order valence-electron chi connectivity index (χ1n) is 7.18. The Hall–Kier alpha value is -1.62. The molecule has 0 aliphatic heterocycles. The van der Waals surface area contributed by atoms with Gasteiger partial charge in [0.15, 0.2) is 5.75 Å². The quantitative estimate of drug-likeness (QED) is 0.663. The van der Waals surface area contributed by atoms with E-state index < -0.39 is 0 Å². The molecule has 1 N–H and O–H groups in total. The molecule has 110 valence electrons. The van der Waals surface area contributed by atoms with Crippen molar-refractivity contribution in [3.63, 3.8) is 0 Å². The Kier molecular flexibility index (Phi) is 4.95. The van der Waals surface area contributed by atoms with Crippen LogP contribution < -0.4 is 10.1 Å². The average molecular weight is 278 g/mol. The first-order chi connectivity index (χ1) is 9.60. The van der Waals surface area contributed by atoms with E-state index in [2.05, 4.69) is 12.2 Å². The summed E-state index contributed by atoms with van der Waals surface area (Å²) in [4.78, 5) is 10.8. The van der Waals surface area contributed by atoms with Gasteiger partial charge in [0.25, 0.3) is 0 Å². The number of nitrogens with zero attached hydrogens (tertiary/aromatic N) is 1. The summed E-state index contributed by atoms with van der Waals surface area (Å²) in [5.74, 6) is 1.14. The van der Waals surface area contributed by atoms with Crippen LogP contribution in [0.25, 0.3) is 0 Å². The van der Waals surface area contributed by atoms with Crippen LogP contribution in [0.5, 0.6) is 5.75 Å². The van der Waals surface area contributed by atoms with Gasteiger partial charge < -0.3 is 10.1 Å². The van der Waals surface area contributed by atoms with Crippen molar-refractivity contribution in [3.8, 4) is 5.75 Å². The lowest BCUT2D eigenvalue weighted by molar-refractivity contribution is -0.386. The number of ether oxygens (including phenoxy) is 1. The highest BCUT2D eigenvalue weighted by molar-refractivity contribution is 5.48. The van der Waals surface area contributed by atoms with E-state index >= 15 is 0 Å². The molecular weight excluding hydrogens is 256 g/mol. The predicted molar refractivity (Wildman–Crippen MR) is 77.9 cm³/mol. The fourth-order valence-corrected chi connectivity index (χ4v) is 2.65. The van der Waals surface area contributed by atoms with Crippen LogP contribution in [0.2, 0.25) is 0 Å². The molecule has 0 unspecified atom stereocenters. The van der Waals surface area contributed by atoms with Crippen LogP contribution in [-0.2, 0) is 6.54 Å². The molecule has 1 saturated carbocycles. The Balaban J connectivity index is 2.12. The van der Waals surface area contributed by atoms with Crippen molar-refractivity contribution in [3.05, 3.63) is 33.9 Å². The summed E-state index contributed by atoms with van der Waals surface area (Å²) in [5.41, 5.74) is 0.959. The Bertz CT molecular complexity index is 468. The first kappa shape index (κ1) is 14.8. The van der Waals surface area contributed by atoms with E-state index in [0.717, 1.165) is 37.2 Å². The van der Waals surface area contributed by atoms with Crippen molar-refractivity contribution in [2.24, 2.45) is 5.92 Å². The maximum atomic E-state index is 11.2. The SMILES string of the molecule is CNCc1ccc(OC2CCC(C)CC2)c([N+](=O)[O-])c1. The largest absolute Gasteiger partial charge is 0.484 e. The van der Waals surface area contributed by atoms with Gasteiger partial charge in [-0.05, 0) is 50.3 Å². The molecule has 0 amide bonds. The number of nitro benzene ring substituents is 1. The highest BCUT2D eigenvalue weighted by Crippen LogP contribution is 2.32. The average Bonchev–Trinajstić information content (AvgIpc) is 2.43. The third-order valence-corrected chi connectivity index (χ3v) is 3.86. The summed E-state index contributed by atoms with van der Waals surface area (Å²) < 4.78 is 5.87. The van der Waals surface area contributed by atoms with Crippen molar-refractivity contribution in [1.29, 1.82) is 0 Å². The highest BCUT2D eigenvalue weighted by Gasteiger charge is 2.23. The maximum Gasteiger partial charge on any atom is 0.311 e. The Labute approximate surface area is 119 Å². The summed E-state index contributed by atoms with van der Waals surface area (Å²) in [6.07, 6.45) is 4.35. The van der Waals surface area contributed by atoms with Crippen molar-refractivity contribution in [1.82, 2.24) is 5.32 Å². The number of benzene rings is 1. The van der Waals surface area contributed by atoms with Gasteiger partial charge in [-0.25, -0.2) is 0 Å². The molecular formula is C15H22N2O3. The first-order valence-corrected chi connectivity index (χ1v) is 7.18. The summed E-state index contributed by atoms with van der Waals surface area (Å²) in [6.45, 7) is 2.85. The van der Waals surface area contributed by atoms with Crippen LogP contribution in [0.3, 0.4) is 0 Å². The molecule has 20 heavy (non-hydrogen) atoms. The van der Waals surface area contributed by atoms with Gasteiger partial charge in [0, 0.05) is 12.6 Å². The third kappa shape index (κ3) is 3.70. The second kappa shape index (κ2) is 6.70. The fourth-order valence-electron chi connectivity index (χ4n) is 2.65. The van der Waals surface area contributed by atoms with Crippen molar-refractivity contribution >= 4 is 5.69 Å². The Morgan fingerprint density at radius 3 is 2.65 bits per heavy atom. The predicted octanol–water partition coefficient (Wildman–Crippen LogP) is 3.27. The van der Waals surface area contributed by atoms with Gasteiger partial charge >= 0.3 is 5.69 Å². The van der Waals surface area contributed by atoms with Crippen LogP contribution in [0.4, 0.5) is 5.69 Å². The van der Waals surface area contributed by atoms with E-state index in [-0.39, 0.29) is 16.7 Å². The lowest BCUT2D eigenvalue weighted by Crippen LogP contribution is -2.23. The Morgan fingerprint density at radius 2 is 2.05 bits per heavy atom. The highest BCUT2D eigenvalue weighted by atomic mass is 16.6. The van der Waals surface area contributed by atoms with Gasteiger partial charge in [-0.1, -0.05) is 13.0 Å². The molecule has 1 aromatic rings. The summed E-state index contributed by atoms with van der Waals surface area (Å²) in [6, 6.07) is 5.20. The van der Waals surface area contributed by atoms with Gasteiger partial charge in [0.2, 0.25) is 0 Å². The van der Waals surface area contributed by atoms with E-state index in [4.69, 9.17) is 4.74 Å². The number of nitro groups is 1. The molecule has 1 aliphatic rings. The fraction of sp³-hybridized carbons (Fsp3) is 0.600.